The van der Waals surface area contributed by atoms with Crippen molar-refractivity contribution in [2.24, 2.45) is 5.73 Å². The first-order valence-electron chi connectivity index (χ1n) is 5.45. The van der Waals surface area contributed by atoms with Crippen LogP contribution in [0.2, 0.25) is 5.02 Å². The maximum absolute atomic E-state index is 11.1. The Morgan fingerprint density at radius 2 is 1.94 bits per heavy atom. The number of carbonyl (C=O) groups is 1. The van der Waals surface area contributed by atoms with Gasteiger partial charge < -0.3 is 5.73 Å². The third-order valence-electron chi connectivity index (χ3n) is 2.66. The molecule has 1 atom stereocenters. The molecule has 18 heavy (non-hydrogen) atoms. The third kappa shape index (κ3) is 2.65. The number of hydrogen-bond donors (Lipinski definition) is 1. The van der Waals surface area contributed by atoms with E-state index in [0.29, 0.717) is 16.4 Å². The normalized spacial score (nSPS) is 12.1. The van der Waals surface area contributed by atoms with Gasteiger partial charge in [-0.2, -0.15) is 0 Å². The Bertz CT molecular complexity index is 569. The summed E-state index contributed by atoms with van der Waals surface area (Å²) in [5, 5.41) is 0.661. The molecule has 0 radical (unpaired) electrons. The van der Waals surface area contributed by atoms with Crippen LogP contribution in [0.4, 0.5) is 0 Å². The topological polar surface area (TPSA) is 68.9 Å². The van der Waals surface area contributed by atoms with Crippen molar-refractivity contribution in [3.05, 3.63) is 47.4 Å². The molecule has 4 nitrogen and oxygen atoms in total. The summed E-state index contributed by atoms with van der Waals surface area (Å²) in [6, 6.07) is 7.27. The Balaban J connectivity index is 2.38. The van der Waals surface area contributed by atoms with Gasteiger partial charge in [0.25, 0.3) is 0 Å². The molecule has 0 aliphatic rings. The molecule has 2 rings (SSSR count). The molecule has 0 spiro atoms. The number of carbonyl (C=O) groups excluding carboxylic acids is 1. The van der Waals surface area contributed by atoms with E-state index in [2.05, 4.69) is 9.97 Å². The number of aromatic nitrogens is 2. The summed E-state index contributed by atoms with van der Waals surface area (Å²) in [6.07, 6.45) is 3.19. The highest BCUT2D eigenvalue weighted by Crippen LogP contribution is 2.21. The van der Waals surface area contributed by atoms with Crippen LogP contribution in [0.1, 0.15) is 18.5 Å². The summed E-state index contributed by atoms with van der Waals surface area (Å²) in [4.78, 5) is 19.6. The third-order valence-corrected chi connectivity index (χ3v) is 2.92. The molecule has 0 aliphatic heterocycles. The summed E-state index contributed by atoms with van der Waals surface area (Å²) >= 11 is 5.83. The molecule has 0 aliphatic carbocycles. The molecule has 0 saturated carbocycles. The number of halogens is 1. The molecular weight excluding hydrogens is 250 g/mol. The van der Waals surface area contributed by atoms with Gasteiger partial charge in [-0.25, -0.2) is 4.98 Å². The lowest BCUT2D eigenvalue weighted by Gasteiger charge is -2.08. The molecule has 1 unspecified atom stereocenters. The summed E-state index contributed by atoms with van der Waals surface area (Å²) < 4.78 is 0. The van der Waals surface area contributed by atoms with Crippen molar-refractivity contribution in [2.45, 2.75) is 12.8 Å². The van der Waals surface area contributed by atoms with Gasteiger partial charge in [0.1, 0.15) is 0 Å². The predicted molar refractivity (Wildman–Crippen MR) is 70.1 cm³/mol. The molecule has 2 aromatic rings. The summed E-state index contributed by atoms with van der Waals surface area (Å²) in [5.41, 5.74) is 7.40. The minimum atomic E-state index is -0.454. The van der Waals surface area contributed by atoms with Crippen molar-refractivity contribution in [3.63, 3.8) is 0 Å². The highest BCUT2D eigenvalue weighted by Gasteiger charge is 2.14. The van der Waals surface area contributed by atoms with Gasteiger partial charge in [0.05, 0.1) is 23.5 Å². The zero-order valence-corrected chi connectivity index (χ0v) is 10.6. The number of amides is 1. The molecule has 0 bridgehead atoms. The molecule has 1 amide bonds. The summed E-state index contributed by atoms with van der Waals surface area (Å²) in [5.74, 6) is -0.873. The molecule has 0 saturated heterocycles. The second-order valence-electron chi connectivity index (χ2n) is 3.96. The fourth-order valence-corrected chi connectivity index (χ4v) is 1.62. The Labute approximate surface area is 110 Å². The Hall–Kier alpha value is -1.94. The van der Waals surface area contributed by atoms with E-state index in [9.17, 15) is 4.79 Å². The van der Waals surface area contributed by atoms with Crippen LogP contribution in [0.25, 0.3) is 11.3 Å². The second-order valence-corrected chi connectivity index (χ2v) is 4.40. The highest BCUT2D eigenvalue weighted by atomic mass is 35.5. The zero-order chi connectivity index (χ0) is 13.1. The van der Waals surface area contributed by atoms with Crippen LogP contribution in [0.3, 0.4) is 0 Å². The lowest BCUT2D eigenvalue weighted by atomic mass is 10.1. The highest BCUT2D eigenvalue weighted by molar-refractivity contribution is 6.30. The fourth-order valence-electron chi connectivity index (χ4n) is 1.50. The van der Waals surface area contributed by atoms with E-state index >= 15 is 0 Å². The van der Waals surface area contributed by atoms with E-state index in [1.165, 1.54) is 0 Å². The van der Waals surface area contributed by atoms with E-state index in [-0.39, 0.29) is 0 Å². The van der Waals surface area contributed by atoms with Crippen LogP contribution in [0, 0.1) is 0 Å². The van der Waals surface area contributed by atoms with Gasteiger partial charge in [0.15, 0.2) is 0 Å². The lowest BCUT2D eigenvalue weighted by Crippen LogP contribution is -2.19. The number of hydrogen-bond acceptors (Lipinski definition) is 3. The minimum absolute atomic E-state index is 0.419. The average Bonchev–Trinajstić information content (AvgIpc) is 2.38. The Kier molecular flexibility index (Phi) is 3.58. The smallest absolute Gasteiger partial charge is 0.226 e. The molecule has 1 aromatic heterocycles. The number of nitrogens with zero attached hydrogens (tertiary/aromatic N) is 2. The van der Waals surface area contributed by atoms with Gasteiger partial charge >= 0.3 is 0 Å². The van der Waals surface area contributed by atoms with Crippen molar-refractivity contribution in [3.8, 4) is 11.3 Å². The van der Waals surface area contributed by atoms with Crippen molar-refractivity contribution in [1.82, 2.24) is 9.97 Å². The van der Waals surface area contributed by atoms with E-state index in [0.717, 1.165) is 5.56 Å². The lowest BCUT2D eigenvalue weighted by molar-refractivity contribution is -0.119. The first-order valence-corrected chi connectivity index (χ1v) is 5.83. The number of nitrogens with two attached hydrogens (primary N) is 1. The first kappa shape index (κ1) is 12.5. The quantitative estimate of drug-likeness (QED) is 0.922. The van der Waals surface area contributed by atoms with E-state index < -0.39 is 11.8 Å². The predicted octanol–water partition coefficient (Wildman–Crippen LogP) is 2.39. The van der Waals surface area contributed by atoms with Gasteiger partial charge in [-0.15, -0.1) is 0 Å². The minimum Gasteiger partial charge on any atom is -0.369 e. The fraction of sp³-hybridized carbons (Fsp3) is 0.154. The Morgan fingerprint density at radius 3 is 2.56 bits per heavy atom. The van der Waals surface area contributed by atoms with Crippen LogP contribution >= 0.6 is 11.6 Å². The maximum Gasteiger partial charge on any atom is 0.226 e. The van der Waals surface area contributed by atoms with Crippen molar-refractivity contribution >= 4 is 17.5 Å². The summed E-state index contributed by atoms with van der Waals surface area (Å²) in [7, 11) is 0. The number of benzene rings is 1. The van der Waals surface area contributed by atoms with Gasteiger partial charge in [-0.1, -0.05) is 23.7 Å². The van der Waals surface area contributed by atoms with Gasteiger partial charge in [0, 0.05) is 16.8 Å². The summed E-state index contributed by atoms with van der Waals surface area (Å²) in [6.45, 7) is 1.71. The van der Waals surface area contributed by atoms with Crippen LogP contribution < -0.4 is 5.73 Å². The van der Waals surface area contributed by atoms with Crippen molar-refractivity contribution < 1.29 is 4.79 Å². The molecule has 1 aromatic carbocycles. The molecular formula is C13H12ClN3O. The molecule has 1 heterocycles. The van der Waals surface area contributed by atoms with Crippen LogP contribution in [-0.4, -0.2) is 15.9 Å². The molecule has 5 heteroatoms. The largest absolute Gasteiger partial charge is 0.369 e. The molecule has 2 N–H and O–H groups in total. The number of primary amides is 1. The average molecular weight is 262 g/mol. The van der Waals surface area contributed by atoms with E-state index in [1.807, 2.05) is 12.1 Å². The van der Waals surface area contributed by atoms with Gasteiger partial charge in [-0.3, -0.25) is 9.78 Å². The van der Waals surface area contributed by atoms with Crippen molar-refractivity contribution in [1.29, 1.82) is 0 Å². The SMILES string of the molecule is CC(C(N)=O)c1cncc(-c2ccc(Cl)cc2)n1. The molecule has 92 valence electrons. The van der Waals surface area contributed by atoms with Crippen molar-refractivity contribution in [2.75, 3.05) is 0 Å². The molecule has 0 fully saturated rings. The van der Waals surface area contributed by atoms with Crippen LogP contribution in [0.15, 0.2) is 36.7 Å². The van der Waals surface area contributed by atoms with Gasteiger partial charge in [0.2, 0.25) is 5.91 Å². The van der Waals surface area contributed by atoms with E-state index in [1.54, 1.807) is 31.5 Å². The second kappa shape index (κ2) is 5.14. The van der Waals surface area contributed by atoms with E-state index in [4.69, 9.17) is 17.3 Å². The Morgan fingerprint density at radius 1 is 1.28 bits per heavy atom. The number of rotatable bonds is 3. The van der Waals surface area contributed by atoms with Gasteiger partial charge in [-0.05, 0) is 19.1 Å². The van der Waals surface area contributed by atoms with Crippen LogP contribution in [-0.2, 0) is 4.79 Å². The standard InChI is InChI=1S/C13H12ClN3O/c1-8(13(15)18)11-6-16-7-12(17-11)9-2-4-10(14)5-3-9/h2-8H,1H3,(H2,15,18). The zero-order valence-electron chi connectivity index (χ0n) is 9.80. The maximum atomic E-state index is 11.1. The first-order chi connectivity index (χ1) is 8.58. The van der Waals surface area contributed by atoms with Crippen LogP contribution in [0.5, 0.6) is 0 Å². The monoisotopic (exact) mass is 261 g/mol.